The van der Waals surface area contributed by atoms with Crippen molar-refractivity contribution >= 4 is 17.0 Å². The first kappa shape index (κ1) is 20.0. The van der Waals surface area contributed by atoms with Gasteiger partial charge in [0.2, 0.25) is 0 Å². The highest BCUT2D eigenvalue weighted by Crippen LogP contribution is 2.38. The van der Waals surface area contributed by atoms with Gasteiger partial charge in [-0.15, -0.1) is 0 Å². The number of para-hydroxylation sites is 2. The lowest BCUT2D eigenvalue weighted by atomic mass is 9.85. The van der Waals surface area contributed by atoms with Gasteiger partial charge in [-0.2, -0.15) is 0 Å². The van der Waals surface area contributed by atoms with Crippen LogP contribution < -0.4 is 11.5 Å². The molecule has 7 nitrogen and oxygen atoms in total. The van der Waals surface area contributed by atoms with Crippen LogP contribution in [-0.4, -0.2) is 37.9 Å². The number of aliphatic imine (C=N–C) groups is 1. The molecule has 7 heteroatoms. The summed E-state index contributed by atoms with van der Waals surface area (Å²) in [6, 6.07) is 13.6. The molecule has 162 valence electrons. The first-order valence-electron chi connectivity index (χ1n) is 11.4. The maximum atomic E-state index is 5.62. The van der Waals surface area contributed by atoms with Crippen molar-refractivity contribution in [2.75, 3.05) is 0 Å². The SMILES string of the molecule is NC(N)=NC1CCC(N(Cc2nc3ccccc3[nH]2)C2CCCc3cccnc32)CC1. The van der Waals surface area contributed by atoms with Gasteiger partial charge in [0, 0.05) is 12.2 Å². The molecule has 2 aliphatic carbocycles. The van der Waals surface area contributed by atoms with Crippen LogP contribution in [0, 0.1) is 0 Å². The van der Waals surface area contributed by atoms with E-state index in [1.54, 1.807) is 0 Å². The molecule has 31 heavy (non-hydrogen) atoms. The van der Waals surface area contributed by atoms with Gasteiger partial charge in [0.1, 0.15) is 5.82 Å². The predicted molar refractivity (Wildman–Crippen MR) is 123 cm³/mol. The van der Waals surface area contributed by atoms with Gasteiger partial charge in [-0.25, -0.2) is 4.98 Å². The molecule has 0 spiro atoms. The van der Waals surface area contributed by atoms with Crippen LogP contribution in [0.2, 0.25) is 0 Å². The largest absolute Gasteiger partial charge is 0.370 e. The Bertz CT molecular complexity index is 1030. The molecule has 0 saturated heterocycles. The Morgan fingerprint density at radius 1 is 1.06 bits per heavy atom. The molecule has 2 aliphatic rings. The van der Waals surface area contributed by atoms with Crippen LogP contribution in [0.15, 0.2) is 47.6 Å². The summed E-state index contributed by atoms with van der Waals surface area (Å²) >= 11 is 0. The summed E-state index contributed by atoms with van der Waals surface area (Å²) in [5, 5.41) is 0. The van der Waals surface area contributed by atoms with E-state index in [0.29, 0.717) is 12.1 Å². The highest BCUT2D eigenvalue weighted by Gasteiger charge is 2.34. The van der Waals surface area contributed by atoms with Gasteiger partial charge in [-0.05, 0) is 68.7 Å². The molecule has 3 aromatic rings. The second kappa shape index (κ2) is 8.67. The Kier molecular flexibility index (Phi) is 5.59. The van der Waals surface area contributed by atoms with E-state index < -0.39 is 0 Å². The molecule has 0 radical (unpaired) electrons. The summed E-state index contributed by atoms with van der Waals surface area (Å²) in [6.07, 6.45) is 9.59. The van der Waals surface area contributed by atoms with Gasteiger partial charge in [-0.3, -0.25) is 14.9 Å². The normalized spacial score (nSPS) is 23.6. The highest BCUT2D eigenvalue weighted by molar-refractivity contribution is 5.76. The average molecular weight is 418 g/mol. The molecule has 5 rings (SSSR count). The van der Waals surface area contributed by atoms with E-state index >= 15 is 0 Å². The molecule has 1 atom stereocenters. The zero-order valence-corrected chi connectivity index (χ0v) is 17.9. The number of benzene rings is 1. The van der Waals surface area contributed by atoms with Crippen LogP contribution in [-0.2, 0) is 13.0 Å². The third kappa shape index (κ3) is 4.28. The van der Waals surface area contributed by atoms with E-state index in [1.165, 1.54) is 17.7 Å². The van der Waals surface area contributed by atoms with Crippen LogP contribution in [0.1, 0.15) is 61.6 Å². The van der Waals surface area contributed by atoms with Crippen molar-refractivity contribution in [2.24, 2.45) is 16.5 Å². The van der Waals surface area contributed by atoms with Gasteiger partial charge in [0.25, 0.3) is 0 Å². The summed E-state index contributed by atoms with van der Waals surface area (Å²) in [7, 11) is 0. The summed E-state index contributed by atoms with van der Waals surface area (Å²) in [6.45, 7) is 0.799. The number of nitrogens with zero attached hydrogens (tertiary/aromatic N) is 4. The number of rotatable bonds is 5. The molecular weight excluding hydrogens is 386 g/mol. The third-order valence-corrected chi connectivity index (χ3v) is 6.80. The smallest absolute Gasteiger partial charge is 0.186 e. The van der Waals surface area contributed by atoms with E-state index in [2.05, 4.69) is 39.1 Å². The van der Waals surface area contributed by atoms with Crippen LogP contribution in [0.5, 0.6) is 0 Å². The van der Waals surface area contributed by atoms with Crippen molar-refractivity contribution in [3.05, 3.63) is 59.7 Å². The third-order valence-electron chi connectivity index (χ3n) is 6.80. The predicted octanol–water partition coefficient (Wildman–Crippen LogP) is 3.42. The van der Waals surface area contributed by atoms with Gasteiger partial charge >= 0.3 is 0 Å². The van der Waals surface area contributed by atoms with Gasteiger partial charge in [0.15, 0.2) is 5.96 Å². The van der Waals surface area contributed by atoms with Crippen LogP contribution in [0.4, 0.5) is 0 Å². The number of aryl methyl sites for hydroxylation is 1. The first-order chi connectivity index (χ1) is 15.2. The number of H-pyrrole nitrogens is 1. The topological polar surface area (TPSA) is 109 Å². The van der Waals surface area contributed by atoms with Gasteiger partial charge in [-0.1, -0.05) is 18.2 Å². The minimum atomic E-state index is 0.202. The molecular formula is C24H31N7. The van der Waals surface area contributed by atoms with Crippen molar-refractivity contribution in [1.29, 1.82) is 0 Å². The maximum absolute atomic E-state index is 5.62. The Labute approximate surface area is 183 Å². The van der Waals surface area contributed by atoms with E-state index in [-0.39, 0.29) is 12.0 Å². The summed E-state index contributed by atoms with van der Waals surface area (Å²) in [4.78, 5) is 20.3. The zero-order valence-electron chi connectivity index (χ0n) is 17.9. The van der Waals surface area contributed by atoms with Crippen LogP contribution >= 0.6 is 0 Å². The Morgan fingerprint density at radius 2 is 1.90 bits per heavy atom. The van der Waals surface area contributed by atoms with Gasteiger partial charge in [0.05, 0.1) is 35.4 Å². The molecule has 2 aromatic heterocycles. The Balaban J connectivity index is 1.44. The molecule has 0 bridgehead atoms. The highest BCUT2D eigenvalue weighted by atomic mass is 15.2. The number of guanidine groups is 1. The standard InChI is InChI=1S/C24H31N7/c25-24(26)28-17-10-12-18(13-11-17)31(15-22-29-19-7-1-2-8-20(19)30-22)21-9-3-5-16-6-4-14-27-23(16)21/h1-2,4,6-8,14,17-18,21H,3,5,9-13,15H2,(H,29,30)(H4,25,26,28). The molecule has 2 heterocycles. The van der Waals surface area contributed by atoms with Gasteiger partial charge < -0.3 is 16.5 Å². The number of pyridine rings is 1. The number of aromatic amines is 1. The fourth-order valence-corrected chi connectivity index (χ4v) is 5.38. The first-order valence-corrected chi connectivity index (χ1v) is 11.4. The Hall–Kier alpha value is -2.93. The molecule has 1 fully saturated rings. The number of aromatic nitrogens is 3. The van der Waals surface area contributed by atoms with E-state index in [9.17, 15) is 0 Å². The number of imidazole rings is 1. The number of hydrogen-bond donors (Lipinski definition) is 3. The second-order valence-corrected chi connectivity index (χ2v) is 8.85. The maximum Gasteiger partial charge on any atom is 0.186 e. The summed E-state index contributed by atoms with van der Waals surface area (Å²) < 4.78 is 0. The van der Waals surface area contributed by atoms with Crippen molar-refractivity contribution in [1.82, 2.24) is 19.9 Å². The summed E-state index contributed by atoms with van der Waals surface area (Å²) in [5.41, 5.74) is 16.0. The molecule has 5 N–H and O–H groups in total. The van der Waals surface area contributed by atoms with Crippen molar-refractivity contribution in [3.63, 3.8) is 0 Å². The molecule has 0 aliphatic heterocycles. The van der Waals surface area contributed by atoms with Crippen molar-refractivity contribution in [2.45, 2.75) is 69.6 Å². The minimum Gasteiger partial charge on any atom is -0.370 e. The number of hydrogen-bond acceptors (Lipinski definition) is 4. The molecule has 1 aromatic carbocycles. The zero-order chi connectivity index (χ0) is 21.2. The number of nitrogens with two attached hydrogens (primary N) is 2. The lowest BCUT2D eigenvalue weighted by molar-refractivity contribution is 0.0762. The minimum absolute atomic E-state index is 0.202. The molecule has 0 amide bonds. The fraction of sp³-hybridized carbons (Fsp3) is 0.458. The van der Waals surface area contributed by atoms with E-state index in [0.717, 1.165) is 61.9 Å². The van der Waals surface area contributed by atoms with E-state index in [1.807, 2.05) is 18.3 Å². The lowest BCUT2D eigenvalue weighted by Crippen LogP contribution is -2.42. The van der Waals surface area contributed by atoms with Crippen molar-refractivity contribution in [3.8, 4) is 0 Å². The second-order valence-electron chi connectivity index (χ2n) is 8.85. The average Bonchev–Trinajstić information content (AvgIpc) is 3.20. The molecule has 1 saturated carbocycles. The van der Waals surface area contributed by atoms with Crippen LogP contribution in [0.3, 0.4) is 0 Å². The molecule has 1 unspecified atom stereocenters. The van der Waals surface area contributed by atoms with Crippen LogP contribution in [0.25, 0.3) is 11.0 Å². The van der Waals surface area contributed by atoms with Crippen molar-refractivity contribution < 1.29 is 0 Å². The summed E-state index contributed by atoms with van der Waals surface area (Å²) in [5.74, 6) is 1.23. The lowest BCUT2D eigenvalue weighted by Gasteiger charge is -2.42. The Morgan fingerprint density at radius 3 is 2.71 bits per heavy atom. The quantitative estimate of drug-likeness (QED) is 0.435. The number of fused-ring (bicyclic) bond motifs is 2. The fourth-order valence-electron chi connectivity index (χ4n) is 5.38. The number of nitrogens with one attached hydrogen (secondary N) is 1. The van der Waals surface area contributed by atoms with E-state index in [4.69, 9.17) is 21.4 Å². The monoisotopic (exact) mass is 417 g/mol.